The van der Waals surface area contributed by atoms with Gasteiger partial charge in [-0.25, -0.2) is 4.79 Å². The number of hydrogen-bond donors (Lipinski definition) is 3. The SMILES string of the molecule is CSCCCCCNC(=O)NCC(C)CCC(=O)O. The van der Waals surface area contributed by atoms with E-state index in [2.05, 4.69) is 16.9 Å². The molecule has 0 aromatic rings. The van der Waals surface area contributed by atoms with Gasteiger partial charge in [0.1, 0.15) is 0 Å². The highest BCUT2D eigenvalue weighted by Crippen LogP contribution is 2.03. The number of thioether (sulfide) groups is 1. The van der Waals surface area contributed by atoms with Crippen LogP contribution in [0.15, 0.2) is 0 Å². The molecule has 0 aromatic heterocycles. The van der Waals surface area contributed by atoms with Crippen LogP contribution in [0, 0.1) is 5.92 Å². The molecule has 5 nitrogen and oxygen atoms in total. The summed E-state index contributed by atoms with van der Waals surface area (Å²) in [6.07, 6.45) is 6.16. The van der Waals surface area contributed by atoms with Crippen molar-refractivity contribution in [3.8, 4) is 0 Å². The number of urea groups is 1. The van der Waals surface area contributed by atoms with Gasteiger partial charge in [0.05, 0.1) is 0 Å². The molecule has 2 amide bonds. The van der Waals surface area contributed by atoms with Gasteiger partial charge in [0.25, 0.3) is 0 Å². The summed E-state index contributed by atoms with van der Waals surface area (Å²) >= 11 is 1.84. The summed E-state index contributed by atoms with van der Waals surface area (Å²) in [4.78, 5) is 21.8. The average molecular weight is 290 g/mol. The van der Waals surface area contributed by atoms with Crippen molar-refractivity contribution < 1.29 is 14.7 Å². The van der Waals surface area contributed by atoms with Crippen LogP contribution in [0.3, 0.4) is 0 Å². The molecule has 0 fully saturated rings. The van der Waals surface area contributed by atoms with Gasteiger partial charge in [-0.3, -0.25) is 4.79 Å². The smallest absolute Gasteiger partial charge is 0.314 e. The molecule has 0 aliphatic rings. The summed E-state index contributed by atoms with van der Waals surface area (Å²) in [5, 5.41) is 14.1. The molecule has 3 N–H and O–H groups in total. The predicted molar refractivity (Wildman–Crippen MR) is 79.7 cm³/mol. The van der Waals surface area contributed by atoms with Crippen LogP contribution in [0.2, 0.25) is 0 Å². The normalized spacial score (nSPS) is 11.9. The van der Waals surface area contributed by atoms with Crippen molar-refractivity contribution in [1.29, 1.82) is 0 Å². The molecule has 19 heavy (non-hydrogen) atoms. The third kappa shape index (κ3) is 13.3. The molecule has 0 rings (SSSR count). The summed E-state index contributed by atoms with van der Waals surface area (Å²) in [7, 11) is 0. The van der Waals surface area contributed by atoms with E-state index in [0.717, 1.165) is 12.8 Å². The minimum Gasteiger partial charge on any atom is -0.481 e. The Labute approximate surface area is 119 Å². The molecule has 0 heterocycles. The first-order valence-electron chi connectivity index (χ1n) is 6.78. The van der Waals surface area contributed by atoms with E-state index in [9.17, 15) is 9.59 Å². The molecule has 0 bridgehead atoms. The fourth-order valence-electron chi connectivity index (χ4n) is 1.55. The molecule has 1 unspecified atom stereocenters. The topological polar surface area (TPSA) is 78.4 Å². The number of amides is 2. The van der Waals surface area contributed by atoms with Crippen molar-refractivity contribution in [2.75, 3.05) is 25.1 Å². The lowest BCUT2D eigenvalue weighted by molar-refractivity contribution is -0.137. The maximum absolute atomic E-state index is 11.4. The van der Waals surface area contributed by atoms with Crippen molar-refractivity contribution in [3.05, 3.63) is 0 Å². The average Bonchev–Trinajstić information content (AvgIpc) is 2.38. The molecular formula is C13H26N2O3S. The highest BCUT2D eigenvalue weighted by atomic mass is 32.2. The van der Waals surface area contributed by atoms with Crippen LogP contribution >= 0.6 is 11.8 Å². The van der Waals surface area contributed by atoms with E-state index in [0.29, 0.717) is 19.5 Å². The third-order valence-corrected chi connectivity index (χ3v) is 3.47. The van der Waals surface area contributed by atoms with Gasteiger partial charge in [0.15, 0.2) is 0 Å². The predicted octanol–water partition coefficient (Wildman–Crippen LogP) is 2.32. The van der Waals surface area contributed by atoms with E-state index in [1.165, 1.54) is 12.2 Å². The molecule has 1 atom stereocenters. The molecule has 0 spiro atoms. The van der Waals surface area contributed by atoms with Gasteiger partial charge in [-0.2, -0.15) is 11.8 Å². The van der Waals surface area contributed by atoms with E-state index in [-0.39, 0.29) is 18.4 Å². The zero-order valence-electron chi connectivity index (χ0n) is 11.9. The van der Waals surface area contributed by atoms with E-state index in [1.54, 1.807) is 0 Å². The van der Waals surface area contributed by atoms with Gasteiger partial charge < -0.3 is 15.7 Å². The summed E-state index contributed by atoms with van der Waals surface area (Å²) in [6.45, 7) is 3.15. The van der Waals surface area contributed by atoms with Crippen LogP contribution in [0.25, 0.3) is 0 Å². The summed E-state index contributed by atoms with van der Waals surface area (Å²) < 4.78 is 0. The van der Waals surface area contributed by atoms with E-state index in [1.807, 2.05) is 18.7 Å². The fourth-order valence-corrected chi connectivity index (χ4v) is 2.04. The van der Waals surface area contributed by atoms with Crippen molar-refractivity contribution in [1.82, 2.24) is 10.6 Å². The first-order chi connectivity index (χ1) is 9.06. The first kappa shape index (κ1) is 18.1. The Morgan fingerprint density at radius 1 is 1.21 bits per heavy atom. The summed E-state index contributed by atoms with van der Waals surface area (Å²) in [5.41, 5.74) is 0. The lowest BCUT2D eigenvalue weighted by atomic mass is 10.1. The Kier molecular flexibility index (Phi) is 11.6. The first-order valence-corrected chi connectivity index (χ1v) is 8.18. The second-order valence-corrected chi connectivity index (χ2v) is 5.71. The molecule has 0 aliphatic heterocycles. The standard InChI is InChI=1S/C13H26N2O3S/c1-11(6-7-12(16)17)10-15-13(18)14-8-4-3-5-9-19-2/h11H,3-10H2,1-2H3,(H,16,17)(H2,14,15,18). The fraction of sp³-hybridized carbons (Fsp3) is 0.846. The second kappa shape index (κ2) is 12.1. The van der Waals surface area contributed by atoms with Crippen LogP contribution < -0.4 is 10.6 Å². The van der Waals surface area contributed by atoms with Crippen molar-refractivity contribution in [2.24, 2.45) is 5.92 Å². The number of hydrogen-bond acceptors (Lipinski definition) is 3. The minimum absolute atomic E-state index is 0.153. The van der Waals surface area contributed by atoms with Crippen LogP contribution in [0.4, 0.5) is 4.79 Å². The Bertz CT molecular complexity index is 262. The Balaban J connectivity index is 3.40. The van der Waals surface area contributed by atoms with Gasteiger partial charge in [0.2, 0.25) is 0 Å². The number of carbonyl (C=O) groups is 2. The number of nitrogens with one attached hydrogen (secondary N) is 2. The quantitative estimate of drug-likeness (QED) is 0.510. The largest absolute Gasteiger partial charge is 0.481 e. The zero-order valence-corrected chi connectivity index (χ0v) is 12.7. The highest BCUT2D eigenvalue weighted by molar-refractivity contribution is 7.98. The van der Waals surface area contributed by atoms with Crippen LogP contribution in [-0.4, -0.2) is 42.2 Å². The molecule has 6 heteroatoms. The van der Waals surface area contributed by atoms with Crippen molar-refractivity contribution in [2.45, 2.75) is 39.0 Å². The van der Waals surface area contributed by atoms with Gasteiger partial charge >= 0.3 is 12.0 Å². The molecule has 112 valence electrons. The Morgan fingerprint density at radius 2 is 1.95 bits per heavy atom. The Morgan fingerprint density at radius 3 is 2.58 bits per heavy atom. The van der Waals surface area contributed by atoms with E-state index in [4.69, 9.17) is 5.11 Å². The molecular weight excluding hydrogens is 264 g/mol. The molecule has 0 aliphatic carbocycles. The van der Waals surface area contributed by atoms with E-state index >= 15 is 0 Å². The van der Waals surface area contributed by atoms with Gasteiger partial charge in [-0.05, 0) is 37.2 Å². The molecule has 0 saturated heterocycles. The lowest BCUT2D eigenvalue weighted by Gasteiger charge is -2.12. The summed E-state index contributed by atoms with van der Waals surface area (Å²) in [5.74, 6) is 0.567. The molecule has 0 saturated carbocycles. The maximum atomic E-state index is 11.4. The van der Waals surface area contributed by atoms with Crippen molar-refractivity contribution in [3.63, 3.8) is 0 Å². The Hall–Kier alpha value is -0.910. The maximum Gasteiger partial charge on any atom is 0.314 e. The number of carbonyl (C=O) groups excluding carboxylic acids is 1. The lowest BCUT2D eigenvalue weighted by Crippen LogP contribution is -2.38. The number of carboxylic acid groups (broad SMARTS) is 1. The number of aliphatic carboxylic acids is 1. The van der Waals surface area contributed by atoms with Crippen molar-refractivity contribution >= 4 is 23.8 Å². The van der Waals surface area contributed by atoms with Gasteiger partial charge in [0, 0.05) is 19.5 Å². The number of carboxylic acids is 1. The van der Waals surface area contributed by atoms with Crippen LogP contribution in [0.1, 0.15) is 39.0 Å². The zero-order chi connectivity index (χ0) is 14.5. The van der Waals surface area contributed by atoms with E-state index < -0.39 is 5.97 Å². The van der Waals surface area contributed by atoms with Gasteiger partial charge in [-0.15, -0.1) is 0 Å². The molecule has 0 aromatic carbocycles. The van der Waals surface area contributed by atoms with Gasteiger partial charge in [-0.1, -0.05) is 13.3 Å². The third-order valence-electron chi connectivity index (χ3n) is 2.77. The molecule has 0 radical (unpaired) electrons. The number of unbranched alkanes of at least 4 members (excludes halogenated alkanes) is 2. The van der Waals surface area contributed by atoms with Crippen LogP contribution in [0.5, 0.6) is 0 Å². The second-order valence-electron chi connectivity index (χ2n) is 4.73. The highest BCUT2D eigenvalue weighted by Gasteiger charge is 2.07. The monoisotopic (exact) mass is 290 g/mol. The minimum atomic E-state index is -0.790. The van der Waals surface area contributed by atoms with Crippen LogP contribution in [-0.2, 0) is 4.79 Å². The summed E-state index contributed by atoms with van der Waals surface area (Å²) in [6, 6.07) is -0.160. The number of rotatable bonds is 11.